The van der Waals surface area contributed by atoms with Crippen LogP contribution in [0.3, 0.4) is 0 Å². The molecule has 0 aliphatic rings. The molecule has 10 heteroatoms. The zero-order chi connectivity index (χ0) is 21.0. The predicted octanol–water partition coefficient (Wildman–Crippen LogP) is 4.13. The van der Waals surface area contributed by atoms with Gasteiger partial charge in [-0.1, -0.05) is 0 Å². The summed E-state index contributed by atoms with van der Waals surface area (Å²) in [6.07, 6.45) is -0.141. The van der Waals surface area contributed by atoms with Gasteiger partial charge in [0.05, 0.1) is 11.3 Å². The molecule has 2 N–H and O–H groups in total. The van der Waals surface area contributed by atoms with Crippen molar-refractivity contribution in [2.45, 2.75) is 6.42 Å². The molecule has 0 radical (unpaired) electrons. The SMILES string of the molecule is O=C(CCNC(=O)c1ccc(F)cc1F)Nc1nc(-c2cc(F)ccc2F)cs1. The number of halogens is 4. The monoisotopic (exact) mass is 423 g/mol. The maximum atomic E-state index is 13.8. The Morgan fingerprint density at radius 1 is 0.966 bits per heavy atom. The molecular weight excluding hydrogens is 410 g/mol. The van der Waals surface area contributed by atoms with Crippen LogP contribution in [0.25, 0.3) is 11.3 Å². The Morgan fingerprint density at radius 3 is 2.45 bits per heavy atom. The third kappa shape index (κ3) is 5.17. The molecule has 0 fully saturated rings. The van der Waals surface area contributed by atoms with Gasteiger partial charge in [-0.2, -0.15) is 0 Å². The average Bonchev–Trinajstić information content (AvgIpc) is 3.11. The lowest BCUT2D eigenvalue weighted by Gasteiger charge is -2.06. The van der Waals surface area contributed by atoms with Crippen molar-refractivity contribution in [3.8, 4) is 11.3 Å². The highest BCUT2D eigenvalue weighted by atomic mass is 32.1. The number of rotatable bonds is 6. The lowest BCUT2D eigenvalue weighted by atomic mass is 10.1. The zero-order valence-corrected chi connectivity index (χ0v) is 15.5. The molecule has 0 aliphatic carbocycles. The number of benzene rings is 2. The van der Waals surface area contributed by atoms with Gasteiger partial charge in [-0.15, -0.1) is 11.3 Å². The summed E-state index contributed by atoms with van der Waals surface area (Å²) in [5.74, 6) is -4.36. The second kappa shape index (κ2) is 8.82. The minimum atomic E-state index is -1.01. The molecule has 150 valence electrons. The van der Waals surface area contributed by atoms with E-state index >= 15 is 0 Å². The Morgan fingerprint density at radius 2 is 1.69 bits per heavy atom. The minimum Gasteiger partial charge on any atom is -0.351 e. The normalized spacial score (nSPS) is 10.6. The van der Waals surface area contributed by atoms with Crippen molar-refractivity contribution in [3.63, 3.8) is 0 Å². The summed E-state index contributed by atoms with van der Waals surface area (Å²) in [5, 5.41) is 6.46. The molecule has 0 bridgehead atoms. The maximum Gasteiger partial charge on any atom is 0.254 e. The summed E-state index contributed by atoms with van der Waals surface area (Å²) < 4.78 is 53.5. The van der Waals surface area contributed by atoms with Gasteiger partial charge < -0.3 is 10.6 Å². The van der Waals surface area contributed by atoms with E-state index in [0.717, 1.165) is 41.7 Å². The summed E-state index contributed by atoms with van der Waals surface area (Å²) in [7, 11) is 0. The fourth-order valence-corrected chi connectivity index (χ4v) is 3.12. The lowest BCUT2D eigenvalue weighted by Crippen LogP contribution is -2.28. The quantitative estimate of drug-likeness (QED) is 0.586. The van der Waals surface area contributed by atoms with Crippen LogP contribution >= 0.6 is 11.3 Å². The standard InChI is InChI=1S/C19H13F4N3O2S/c20-10-2-4-14(22)13(7-10)16-9-29-19(25-16)26-17(27)5-6-24-18(28)12-3-1-11(21)8-15(12)23/h1-4,7-9H,5-6H2,(H,24,28)(H,25,26,27). The van der Waals surface area contributed by atoms with Crippen molar-refractivity contribution >= 4 is 28.3 Å². The Bertz CT molecular complexity index is 1070. The predicted molar refractivity (Wildman–Crippen MR) is 99.4 cm³/mol. The highest BCUT2D eigenvalue weighted by Gasteiger charge is 2.14. The van der Waals surface area contributed by atoms with Gasteiger partial charge in [-0.05, 0) is 30.3 Å². The number of carbonyl (C=O) groups excluding carboxylic acids is 2. The highest BCUT2D eigenvalue weighted by Crippen LogP contribution is 2.27. The fraction of sp³-hybridized carbons (Fsp3) is 0.105. The van der Waals surface area contributed by atoms with Crippen LogP contribution in [0.1, 0.15) is 16.8 Å². The van der Waals surface area contributed by atoms with Crippen LogP contribution in [0, 0.1) is 23.3 Å². The smallest absolute Gasteiger partial charge is 0.254 e. The summed E-state index contributed by atoms with van der Waals surface area (Å²) >= 11 is 1.02. The maximum absolute atomic E-state index is 13.8. The Balaban J connectivity index is 1.53. The van der Waals surface area contributed by atoms with E-state index in [1.807, 2.05) is 0 Å². The third-order valence-electron chi connectivity index (χ3n) is 3.77. The van der Waals surface area contributed by atoms with Crippen molar-refractivity contribution in [1.82, 2.24) is 10.3 Å². The molecule has 0 aliphatic heterocycles. The second-order valence-electron chi connectivity index (χ2n) is 5.84. The largest absolute Gasteiger partial charge is 0.351 e. The number of carbonyl (C=O) groups is 2. The summed E-state index contributed by atoms with van der Waals surface area (Å²) in [4.78, 5) is 27.9. The highest BCUT2D eigenvalue weighted by molar-refractivity contribution is 7.14. The van der Waals surface area contributed by atoms with Gasteiger partial charge in [0.15, 0.2) is 5.13 Å². The van der Waals surface area contributed by atoms with E-state index < -0.39 is 35.1 Å². The van der Waals surface area contributed by atoms with Crippen LogP contribution in [0.4, 0.5) is 22.7 Å². The molecule has 0 spiro atoms. The van der Waals surface area contributed by atoms with Crippen LogP contribution in [0.15, 0.2) is 41.8 Å². The molecule has 3 rings (SSSR count). The number of hydrogen-bond acceptors (Lipinski definition) is 4. The van der Waals surface area contributed by atoms with E-state index in [0.29, 0.717) is 6.07 Å². The van der Waals surface area contributed by atoms with E-state index in [2.05, 4.69) is 15.6 Å². The molecular formula is C19H13F4N3O2S. The average molecular weight is 423 g/mol. The molecule has 5 nitrogen and oxygen atoms in total. The third-order valence-corrected chi connectivity index (χ3v) is 4.53. The van der Waals surface area contributed by atoms with Crippen molar-refractivity contribution in [2.75, 3.05) is 11.9 Å². The molecule has 2 aromatic carbocycles. The van der Waals surface area contributed by atoms with Crippen molar-refractivity contribution in [3.05, 3.63) is 70.6 Å². The number of amides is 2. The van der Waals surface area contributed by atoms with Gasteiger partial charge in [0.1, 0.15) is 23.3 Å². The van der Waals surface area contributed by atoms with Crippen molar-refractivity contribution < 1.29 is 27.2 Å². The molecule has 2 amide bonds. The van der Waals surface area contributed by atoms with Gasteiger partial charge in [-0.3, -0.25) is 9.59 Å². The van der Waals surface area contributed by atoms with Gasteiger partial charge in [0.2, 0.25) is 5.91 Å². The molecule has 3 aromatic rings. The Labute approximate surface area is 166 Å². The molecule has 1 aromatic heterocycles. The van der Waals surface area contributed by atoms with E-state index in [9.17, 15) is 27.2 Å². The first-order valence-corrected chi connectivity index (χ1v) is 9.15. The van der Waals surface area contributed by atoms with Gasteiger partial charge >= 0.3 is 0 Å². The van der Waals surface area contributed by atoms with E-state index in [-0.39, 0.29) is 34.9 Å². The minimum absolute atomic E-state index is 0.0321. The summed E-state index contributed by atoms with van der Waals surface area (Å²) in [5.41, 5.74) is -0.203. The zero-order valence-electron chi connectivity index (χ0n) is 14.6. The number of hydrogen-bond donors (Lipinski definition) is 2. The van der Waals surface area contributed by atoms with Crippen LogP contribution in [0.2, 0.25) is 0 Å². The summed E-state index contributed by atoms with van der Waals surface area (Å²) in [6, 6.07) is 5.51. The molecule has 1 heterocycles. The number of aromatic nitrogens is 1. The molecule has 0 unspecified atom stereocenters. The van der Waals surface area contributed by atoms with E-state index in [1.165, 1.54) is 5.38 Å². The van der Waals surface area contributed by atoms with Gasteiger partial charge in [-0.25, -0.2) is 22.5 Å². The Kier molecular flexibility index (Phi) is 6.23. The number of nitrogens with one attached hydrogen (secondary N) is 2. The first-order chi connectivity index (χ1) is 13.8. The van der Waals surface area contributed by atoms with E-state index in [1.54, 1.807) is 0 Å². The topological polar surface area (TPSA) is 71.1 Å². The van der Waals surface area contributed by atoms with Crippen LogP contribution in [0.5, 0.6) is 0 Å². The van der Waals surface area contributed by atoms with Gasteiger partial charge in [0, 0.05) is 30.0 Å². The number of nitrogens with zero attached hydrogens (tertiary/aromatic N) is 1. The van der Waals surface area contributed by atoms with Crippen LogP contribution < -0.4 is 10.6 Å². The van der Waals surface area contributed by atoms with Crippen LogP contribution in [-0.2, 0) is 4.79 Å². The van der Waals surface area contributed by atoms with Crippen molar-refractivity contribution in [2.24, 2.45) is 0 Å². The van der Waals surface area contributed by atoms with E-state index in [4.69, 9.17) is 0 Å². The molecule has 0 atom stereocenters. The number of anilines is 1. The van der Waals surface area contributed by atoms with Gasteiger partial charge in [0.25, 0.3) is 5.91 Å². The van der Waals surface area contributed by atoms with Crippen molar-refractivity contribution in [1.29, 1.82) is 0 Å². The Hall–Kier alpha value is -3.27. The summed E-state index contributed by atoms with van der Waals surface area (Å²) in [6.45, 7) is -0.0990. The fourth-order valence-electron chi connectivity index (χ4n) is 2.39. The van der Waals surface area contributed by atoms with Crippen LogP contribution in [-0.4, -0.2) is 23.3 Å². The first-order valence-electron chi connectivity index (χ1n) is 8.27. The first kappa shape index (κ1) is 20.5. The second-order valence-corrected chi connectivity index (χ2v) is 6.70. The lowest BCUT2D eigenvalue weighted by molar-refractivity contribution is -0.116. The number of thiazole rings is 1. The molecule has 0 saturated carbocycles. The molecule has 0 saturated heterocycles. The molecule has 29 heavy (non-hydrogen) atoms.